The van der Waals surface area contributed by atoms with Crippen molar-refractivity contribution in [3.8, 4) is 0 Å². The van der Waals surface area contributed by atoms with E-state index in [-0.39, 0.29) is 5.91 Å². The number of carbonyl (C=O) groups excluding carboxylic acids is 2. The van der Waals surface area contributed by atoms with Crippen LogP contribution >= 0.6 is 0 Å². The third-order valence-electron chi connectivity index (χ3n) is 7.30. The molecule has 0 saturated heterocycles. The average molecular weight is 496 g/mol. The van der Waals surface area contributed by atoms with Gasteiger partial charge in [0.1, 0.15) is 5.78 Å². The molecule has 0 rings (SSSR count). The second-order valence-corrected chi connectivity index (χ2v) is 11.1. The van der Waals surface area contributed by atoms with Gasteiger partial charge in [-0.1, -0.05) is 104 Å². The van der Waals surface area contributed by atoms with Crippen LogP contribution in [0.5, 0.6) is 0 Å². The van der Waals surface area contributed by atoms with E-state index < -0.39 is 0 Å². The Labute approximate surface area is 219 Å². The van der Waals surface area contributed by atoms with Crippen LogP contribution in [-0.4, -0.2) is 32.0 Å². The minimum absolute atomic E-state index is 0.234. The standard InChI is InChI=1S/C31H61NO3/c1-5-6-26-32-31(34)25-14-10-8-12-20-29(3)22-16-15-21-28(2)19-11-7-9-13-23-30(33)24-17-18-27-35-4/h28-29H,5-27H2,1-4H3,(H,32,34). The third-order valence-corrected chi connectivity index (χ3v) is 7.30. The summed E-state index contributed by atoms with van der Waals surface area (Å²) >= 11 is 0. The highest BCUT2D eigenvalue weighted by molar-refractivity contribution is 5.78. The largest absolute Gasteiger partial charge is 0.385 e. The van der Waals surface area contributed by atoms with E-state index in [4.69, 9.17) is 4.74 Å². The van der Waals surface area contributed by atoms with Gasteiger partial charge >= 0.3 is 0 Å². The van der Waals surface area contributed by atoms with Crippen molar-refractivity contribution in [3.05, 3.63) is 0 Å². The maximum absolute atomic E-state index is 11.8. The number of Topliss-reactive ketones (excluding diaryl/α,β-unsaturated/α-hetero) is 1. The van der Waals surface area contributed by atoms with Gasteiger partial charge in [-0.3, -0.25) is 9.59 Å². The third kappa shape index (κ3) is 26.0. The molecular formula is C31H61NO3. The molecule has 0 aliphatic carbocycles. The van der Waals surface area contributed by atoms with Crippen molar-refractivity contribution in [3.63, 3.8) is 0 Å². The summed E-state index contributed by atoms with van der Waals surface area (Å²) in [5, 5.41) is 3.01. The molecule has 35 heavy (non-hydrogen) atoms. The van der Waals surface area contributed by atoms with Crippen molar-refractivity contribution in [2.24, 2.45) is 11.8 Å². The van der Waals surface area contributed by atoms with Crippen molar-refractivity contribution < 1.29 is 14.3 Å². The Morgan fingerprint density at radius 3 is 1.60 bits per heavy atom. The SMILES string of the molecule is CCCCNC(=O)CCCCCCC(C)CCCCC(C)CCCCCCC(=O)CCCCOC. The number of hydrogen-bond acceptors (Lipinski definition) is 3. The lowest BCUT2D eigenvalue weighted by molar-refractivity contribution is -0.121. The molecule has 0 bridgehead atoms. The number of rotatable bonds is 27. The molecular weight excluding hydrogens is 434 g/mol. The maximum Gasteiger partial charge on any atom is 0.219 e. The molecule has 4 heteroatoms. The van der Waals surface area contributed by atoms with Crippen LogP contribution in [-0.2, 0) is 14.3 Å². The first-order chi connectivity index (χ1) is 17.0. The molecule has 0 radical (unpaired) electrons. The lowest BCUT2D eigenvalue weighted by Crippen LogP contribution is -2.23. The Balaban J connectivity index is 3.42. The fourth-order valence-electron chi connectivity index (χ4n) is 4.76. The Morgan fingerprint density at radius 2 is 1.09 bits per heavy atom. The molecule has 0 aromatic carbocycles. The highest BCUT2D eigenvalue weighted by Gasteiger charge is 2.06. The smallest absolute Gasteiger partial charge is 0.219 e. The van der Waals surface area contributed by atoms with Crippen LogP contribution in [0.3, 0.4) is 0 Å². The Hall–Kier alpha value is -0.900. The van der Waals surface area contributed by atoms with Gasteiger partial charge in [0, 0.05) is 39.5 Å². The fourth-order valence-corrected chi connectivity index (χ4v) is 4.76. The zero-order valence-corrected chi connectivity index (χ0v) is 24.1. The van der Waals surface area contributed by atoms with Crippen LogP contribution in [0.15, 0.2) is 0 Å². The molecule has 208 valence electrons. The summed E-state index contributed by atoms with van der Waals surface area (Å²) in [6.45, 7) is 8.59. The van der Waals surface area contributed by atoms with Gasteiger partial charge in [-0.05, 0) is 43.9 Å². The molecule has 1 amide bonds. The molecule has 2 unspecified atom stereocenters. The molecule has 0 saturated carbocycles. The van der Waals surface area contributed by atoms with Crippen LogP contribution in [0, 0.1) is 11.8 Å². The van der Waals surface area contributed by atoms with Crippen LogP contribution in [0.1, 0.15) is 156 Å². The van der Waals surface area contributed by atoms with E-state index in [0.29, 0.717) is 12.2 Å². The number of nitrogens with one attached hydrogen (secondary N) is 1. The van der Waals surface area contributed by atoms with Crippen molar-refractivity contribution in [1.29, 1.82) is 0 Å². The highest BCUT2D eigenvalue weighted by Crippen LogP contribution is 2.21. The summed E-state index contributed by atoms with van der Waals surface area (Å²) in [5.74, 6) is 2.35. The van der Waals surface area contributed by atoms with E-state index in [1.165, 1.54) is 77.0 Å². The van der Waals surface area contributed by atoms with Crippen LogP contribution in [0.2, 0.25) is 0 Å². The molecule has 0 aliphatic heterocycles. The van der Waals surface area contributed by atoms with E-state index in [2.05, 4.69) is 26.1 Å². The van der Waals surface area contributed by atoms with Crippen molar-refractivity contribution in [1.82, 2.24) is 5.32 Å². The van der Waals surface area contributed by atoms with Gasteiger partial charge in [-0.2, -0.15) is 0 Å². The van der Waals surface area contributed by atoms with Crippen LogP contribution in [0.25, 0.3) is 0 Å². The van der Waals surface area contributed by atoms with Gasteiger partial charge < -0.3 is 10.1 Å². The normalized spacial score (nSPS) is 13.0. The van der Waals surface area contributed by atoms with Gasteiger partial charge in [0.25, 0.3) is 0 Å². The van der Waals surface area contributed by atoms with Crippen molar-refractivity contribution >= 4 is 11.7 Å². The van der Waals surface area contributed by atoms with Crippen molar-refractivity contribution in [2.75, 3.05) is 20.3 Å². The summed E-state index contributed by atoms with van der Waals surface area (Å²) in [6, 6.07) is 0. The van der Waals surface area contributed by atoms with Gasteiger partial charge in [0.2, 0.25) is 5.91 Å². The number of carbonyl (C=O) groups is 2. The summed E-state index contributed by atoms with van der Waals surface area (Å²) < 4.78 is 5.03. The molecule has 1 N–H and O–H groups in total. The van der Waals surface area contributed by atoms with E-state index in [0.717, 1.165) is 76.4 Å². The van der Waals surface area contributed by atoms with Gasteiger partial charge in [-0.15, -0.1) is 0 Å². The van der Waals surface area contributed by atoms with Crippen LogP contribution < -0.4 is 5.32 Å². The molecule has 0 aliphatic rings. The van der Waals surface area contributed by atoms with Crippen molar-refractivity contribution in [2.45, 2.75) is 156 Å². The Kier molecular flexibility index (Phi) is 25.5. The average Bonchev–Trinajstić information content (AvgIpc) is 2.84. The van der Waals surface area contributed by atoms with Gasteiger partial charge in [-0.25, -0.2) is 0 Å². The first-order valence-corrected chi connectivity index (χ1v) is 15.3. The molecule has 2 atom stereocenters. The molecule has 0 spiro atoms. The first kappa shape index (κ1) is 34.1. The maximum atomic E-state index is 11.8. The fraction of sp³-hybridized carbons (Fsp3) is 0.935. The summed E-state index contributed by atoms with van der Waals surface area (Å²) in [5.41, 5.74) is 0. The summed E-state index contributed by atoms with van der Waals surface area (Å²) in [4.78, 5) is 23.5. The topological polar surface area (TPSA) is 55.4 Å². The summed E-state index contributed by atoms with van der Waals surface area (Å²) in [7, 11) is 1.72. The second-order valence-electron chi connectivity index (χ2n) is 11.1. The zero-order valence-electron chi connectivity index (χ0n) is 24.1. The lowest BCUT2D eigenvalue weighted by Gasteiger charge is -2.13. The predicted molar refractivity (Wildman–Crippen MR) is 151 cm³/mol. The molecule has 0 aromatic heterocycles. The van der Waals surface area contributed by atoms with Gasteiger partial charge in [0.15, 0.2) is 0 Å². The van der Waals surface area contributed by atoms with Crippen LogP contribution in [0.4, 0.5) is 0 Å². The predicted octanol–water partition coefficient (Wildman–Crippen LogP) is 8.80. The monoisotopic (exact) mass is 495 g/mol. The van der Waals surface area contributed by atoms with Gasteiger partial charge in [0.05, 0.1) is 0 Å². The summed E-state index contributed by atoms with van der Waals surface area (Å²) in [6.07, 6.45) is 24.3. The second kappa shape index (κ2) is 26.2. The Bertz CT molecular complexity index is 480. The molecule has 0 fully saturated rings. The van der Waals surface area contributed by atoms with E-state index in [1.807, 2.05) is 0 Å². The van der Waals surface area contributed by atoms with E-state index in [9.17, 15) is 9.59 Å². The highest BCUT2D eigenvalue weighted by atomic mass is 16.5. The minimum Gasteiger partial charge on any atom is -0.385 e. The molecule has 0 aromatic rings. The van der Waals surface area contributed by atoms with E-state index >= 15 is 0 Å². The number of amides is 1. The number of hydrogen-bond donors (Lipinski definition) is 1. The number of ketones is 1. The molecule has 0 heterocycles. The number of unbranched alkanes of at least 4 members (excludes halogenated alkanes) is 9. The minimum atomic E-state index is 0.234. The first-order valence-electron chi connectivity index (χ1n) is 15.3. The zero-order chi connectivity index (χ0) is 26.0. The number of ether oxygens (including phenoxy) is 1. The quantitative estimate of drug-likeness (QED) is 0.116. The number of methoxy groups -OCH3 is 1. The van der Waals surface area contributed by atoms with E-state index in [1.54, 1.807) is 7.11 Å². The molecule has 4 nitrogen and oxygen atoms in total. The Morgan fingerprint density at radius 1 is 0.629 bits per heavy atom. The lowest BCUT2D eigenvalue weighted by atomic mass is 9.93.